The Morgan fingerprint density at radius 3 is 2.69 bits per heavy atom. The third-order valence-electron chi connectivity index (χ3n) is 4.70. The number of piperidine rings is 1. The van der Waals surface area contributed by atoms with Gasteiger partial charge < -0.3 is 4.42 Å². The number of halogens is 2. The van der Waals surface area contributed by atoms with Gasteiger partial charge in [0, 0.05) is 19.3 Å². The number of sulfonamides is 1. The Hall–Kier alpha value is -2.79. The molecule has 11 heteroatoms. The summed E-state index contributed by atoms with van der Waals surface area (Å²) >= 11 is 0. The van der Waals surface area contributed by atoms with Crippen LogP contribution in [0.15, 0.2) is 39.9 Å². The summed E-state index contributed by atoms with van der Waals surface area (Å²) in [5, 5.41) is 8.02. The van der Waals surface area contributed by atoms with Gasteiger partial charge in [-0.1, -0.05) is 0 Å². The highest BCUT2D eigenvalue weighted by Gasteiger charge is 2.33. The first-order chi connectivity index (χ1) is 13.8. The van der Waals surface area contributed by atoms with E-state index in [4.69, 9.17) is 4.42 Å². The van der Waals surface area contributed by atoms with Crippen LogP contribution in [-0.4, -0.2) is 46.0 Å². The number of nitrogens with zero attached hydrogens (tertiary/aromatic N) is 5. The van der Waals surface area contributed by atoms with Crippen LogP contribution in [0.5, 0.6) is 0 Å². The molecule has 4 rings (SSSR count). The normalized spacial score (nSPS) is 18.1. The summed E-state index contributed by atoms with van der Waals surface area (Å²) in [6, 6.07) is 2.55. The van der Waals surface area contributed by atoms with Crippen molar-refractivity contribution >= 4 is 10.0 Å². The van der Waals surface area contributed by atoms with Crippen molar-refractivity contribution in [3.8, 4) is 11.6 Å². The van der Waals surface area contributed by atoms with Crippen molar-refractivity contribution in [2.24, 2.45) is 0 Å². The average molecular weight is 421 g/mol. The van der Waals surface area contributed by atoms with Crippen LogP contribution in [0.4, 0.5) is 8.78 Å². The fourth-order valence-corrected chi connectivity index (χ4v) is 4.69. The first kappa shape index (κ1) is 19.5. The number of hydrogen-bond acceptors (Lipinski definition) is 7. The molecule has 0 amide bonds. The molecule has 0 N–H and O–H groups in total. The first-order valence-corrected chi connectivity index (χ1v) is 10.4. The number of aryl methyl sites for hydroxylation is 1. The summed E-state index contributed by atoms with van der Waals surface area (Å²) in [6.45, 7) is 2.17. The molecular formula is C18H17F2N5O3S. The van der Waals surface area contributed by atoms with Crippen molar-refractivity contribution < 1.29 is 21.6 Å². The number of rotatable bonds is 4. The van der Waals surface area contributed by atoms with Crippen LogP contribution in [0.25, 0.3) is 11.6 Å². The number of hydrogen-bond donors (Lipinski definition) is 0. The summed E-state index contributed by atoms with van der Waals surface area (Å²) < 4.78 is 59.3. The van der Waals surface area contributed by atoms with Crippen molar-refractivity contribution in [1.82, 2.24) is 24.5 Å². The number of benzene rings is 1. The molecule has 29 heavy (non-hydrogen) atoms. The van der Waals surface area contributed by atoms with E-state index in [1.165, 1.54) is 10.5 Å². The van der Waals surface area contributed by atoms with Crippen LogP contribution in [0.1, 0.15) is 30.3 Å². The second-order valence-corrected chi connectivity index (χ2v) is 8.70. The van der Waals surface area contributed by atoms with Crippen LogP contribution in [0.3, 0.4) is 0 Å². The molecule has 0 saturated carbocycles. The van der Waals surface area contributed by atoms with Gasteiger partial charge in [0.1, 0.15) is 5.69 Å². The molecule has 1 atom stereocenters. The van der Waals surface area contributed by atoms with Crippen molar-refractivity contribution in [1.29, 1.82) is 0 Å². The van der Waals surface area contributed by atoms with Gasteiger partial charge in [0.05, 0.1) is 22.7 Å². The second-order valence-electron chi connectivity index (χ2n) is 6.77. The molecule has 2 aromatic heterocycles. The highest BCUT2D eigenvalue weighted by atomic mass is 32.2. The predicted molar refractivity (Wildman–Crippen MR) is 97.2 cm³/mol. The Balaban J connectivity index is 1.55. The van der Waals surface area contributed by atoms with Crippen molar-refractivity contribution in [3.63, 3.8) is 0 Å². The van der Waals surface area contributed by atoms with Gasteiger partial charge in [-0.3, -0.25) is 4.98 Å². The van der Waals surface area contributed by atoms with Gasteiger partial charge in [-0.2, -0.15) is 4.31 Å². The molecule has 0 radical (unpaired) electrons. The molecule has 0 spiro atoms. The zero-order valence-electron chi connectivity index (χ0n) is 15.4. The van der Waals surface area contributed by atoms with Crippen molar-refractivity contribution in [2.75, 3.05) is 13.1 Å². The van der Waals surface area contributed by atoms with Crippen LogP contribution in [-0.2, 0) is 10.0 Å². The van der Waals surface area contributed by atoms with Crippen LogP contribution < -0.4 is 0 Å². The van der Waals surface area contributed by atoms with E-state index in [9.17, 15) is 17.2 Å². The quantitative estimate of drug-likeness (QED) is 0.638. The summed E-state index contributed by atoms with van der Waals surface area (Å²) in [7, 11) is -3.98. The SMILES string of the molecule is Cc1cnc(-c2nnc(C3CCCN(S(=O)(=O)c4ccc(F)c(F)c4)C3)o2)cn1. The zero-order chi connectivity index (χ0) is 20.6. The van der Waals surface area contributed by atoms with Crippen molar-refractivity contribution in [2.45, 2.75) is 30.6 Å². The van der Waals surface area contributed by atoms with Gasteiger partial charge in [-0.25, -0.2) is 22.2 Å². The van der Waals surface area contributed by atoms with Gasteiger partial charge in [-0.05, 0) is 38.0 Å². The van der Waals surface area contributed by atoms with E-state index < -0.39 is 21.7 Å². The zero-order valence-corrected chi connectivity index (χ0v) is 16.2. The Kier molecular flexibility index (Phi) is 5.09. The smallest absolute Gasteiger partial charge is 0.267 e. The monoisotopic (exact) mass is 421 g/mol. The third-order valence-corrected chi connectivity index (χ3v) is 6.56. The molecule has 1 fully saturated rings. The maximum absolute atomic E-state index is 13.5. The maximum atomic E-state index is 13.5. The molecule has 3 heterocycles. The molecule has 1 unspecified atom stereocenters. The Bertz CT molecular complexity index is 1130. The van der Waals surface area contributed by atoms with E-state index in [1.807, 2.05) is 0 Å². The minimum Gasteiger partial charge on any atom is -0.419 e. The van der Waals surface area contributed by atoms with Gasteiger partial charge in [-0.15, -0.1) is 10.2 Å². The van der Waals surface area contributed by atoms with Crippen LogP contribution in [0.2, 0.25) is 0 Å². The van der Waals surface area contributed by atoms with Gasteiger partial charge >= 0.3 is 0 Å². The molecule has 1 aliphatic heterocycles. The molecule has 8 nitrogen and oxygen atoms in total. The van der Waals surface area contributed by atoms with E-state index in [1.54, 1.807) is 13.1 Å². The Morgan fingerprint density at radius 1 is 1.14 bits per heavy atom. The fraction of sp³-hybridized carbons (Fsp3) is 0.333. The molecule has 152 valence electrons. The largest absolute Gasteiger partial charge is 0.419 e. The lowest BCUT2D eigenvalue weighted by Gasteiger charge is -2.30. The van der Waals surface area contributed by atoms with Gasteiger partial charge in [0.2, 0.25) is 15.9 Å². The molecule has 0 aliphatic carbocycles. The third kappa shape index (κ3) is 3.87. The standard InChI is InChI=1S/C18H17F2N5O3S/c1-11-8-22-16(9-21-11)18-24-23-17(28-18)12-3-2-6-25(10-12)29(26,27)13-4-5-14(19)15(20)7-13/h4-5,7-9,12H,2-3,6,10H2,1H3. The predicted octanol–water partition coefficient (Wildman–Crippen LogP) is 2.68. The lowest BCUT2D eigenvalue weighted by molar-refractivity contribution is 0.286. The minimum absolute atomic E-state index is 0.0997. The van der Waals surface area contributed by atoms with Gasteiger partial charge in [0.15, 0.2) is 11.6 Å². The topological polar surface area (TPSA) is 102 Å². The molecule has 1 saturated heterocycles. The molecule has 1 aliphatic rings. The first-order valence-electron chi connectivity index (χ1n) is 8.92. The van der Waals surface area contributed by atoms with E-state index in [0.717, 1.165) is 17.8 Å². The van der Waals surface area contributed by atoms with E-state index in [-0.39, 0.29) is 29.8 Å². The average Bonchev–Trinajstić information content (AvgIpc) is 3.21. The molecule has 0 bridgehead atoms. The van der Waals surface area contributed by atoms with Crippen LogP contribution >= 0.6 is 0 Å². The van der Waals surface area contributed by atoms with E-state index in [2.05, 4.69) is 20.2 Å². The van der Waals surface area contributed by atoms with E-state index >= 15 is 0 Å². The summed E-state index contributed by atoms with van der Waals surface area (Å²) in [4.78, 5) is 8.02. The van der Waals surface area contributed by atoms with Gasteiger partial charge in [0.25, 0.3) is 5.89 Å². The highest BCUT2D eigenvalue weighted by Crippen LogP contribution is 2.31. The molecular weight excluding hydrogens is 404 g/mol. The highest BCUT2D eigenvalue weighted by molar-refractivity contribution is 7.89. The second kappa shape index (κ2) is 7.56. The lowest BCUT2D eigenvalue weighted by Crippen LogP contribution is -2.39. The molecule has 3 aromatic rings. The summed E-state index contributed by atoms with van der Waals surface area (Å²) in [5.74, 6) is -2.12. The summed E-state index contributed by atoms with van der Waals surface area (Å²) in [5.41, 5.74) is 1.18. The Morgan fingerprint density at radius 2 is 1.97 bits per heavy atom. The van der Waals surface area contributed by atoms with E-state index in [0.29, 0.717) is 30.5 Å². The van der Waals surface area contributed by atoms with Crippen molar-refractivity contribution in [3.05, 3.63) is 53.8 Å². The summed E-state index contributed by atoms with van der Waals surface area (Å²) in [6.07, 6.45) is 4.32. The van der Waals surface area contributed by atoms with Crippen LogP contribution in [0, 0.1) is 18.6 Å². The molecule has 1 aromatic carbocycles. The maximum Gasteiger partial charge on any atom is 0.267 e. The Labute approximate surface area is 165 Å². The minimum atomic E-state index is -3.98. The fourth-order valence-electron chi connectivity index (χ4n) is 3.15. The number of aromatic nitrogens is 4. The lowest BCUT2D eigenvalue weighted by atomic mass is 10.00.